The molecule has 0 unspecified atom stereocenters. The van der Waals surface area contributed by atoms with E-state index >= 15 is 0 Å². The van der Waals surface area contributed by atoms with Crippen LogP contribution < -0.4 is 0 Å². The second-order valence-corrected chi connectivity index (χ2v) is 7.36. The summed E-state index contributed by atoms with van der Waals surface area (Å²) in [5.74, 6) is -0.233. The number of benzene rings is 1. The van der Waals surface area contributed by atoms with Crippen molar-refractivity contribution < 1.29 is 24.5 Å². The first-order valence-corrected chi connectivity index (χ1v) is 9.92. The number of carbonyl (C=O) groups excluding carboxylic acids is 2. The highest BCUT2D eigenvalue weighted by Gasteiger charge is 2.28. The van der Waals surface area contributed by atoms with Gasteiger partial charge >= 0.3 is 5.97 Å². The van der Waals surface area contributed by atoms with E-state index in [9.17, 15) is 19.8 Å². The minimum Gasteiger partial charge on any atom is -0.465 e. The average molecular weight is 389 g/mol. The minimum atomic E-state index is -0.554. The molecule has 1 aliphatic heterocycles. The van der Waals surface area contributed by atoms with Gasteiger partial charge in [0.05, 0.1) is 30.9 Å². The van der Waals surface area contributed by atoms with Crippen molar-refractivity contribution in [3.63, 3.8) is 0 Å². The van der Waals surface area contributed by atoms with Crippen LogP contribution >= 0.6 is 0 Å². The number of rotatable bonds is 10. The fourth-order valence-corrected chi connectivity index (χ4v) is 3.40. The largest absolute Gasteiger partial charge is 0.465 e. The molecular formula is C22H31NO5. The number of esters is 1. The predicted molar refractivity (Wildman–Crippen MR) is 107 cm³/mol. The number of aliphatic hydroxyl groups is 2. The van der Waals surface area contributed by atoms with Crippen LogP contribution in [0.4, 0.5) is 0 Å². The molecule has 0 aromatic heterocycles. The Morgan fingerprint density at radius 2 is 2.00 bits per heavy atom. The third-order valence-corrected chi connectivity index (χ3v) is 5.07. The molecule has 1 heterocycles. The molecule has 1 aliphatic rings. The van der Waals surface area contributed by atoms with E-state index in [-0.39, 0.29) is 24.0 Å². The first kappa shape index (κ1) is 22.1. The molecule has 2 rings (SSSR count). The summed E-state index contributed by atoms with van der Waals surface area (Å²) in [6.07, 6.45) is 6.82. The van der Waals surface area contributed by atoms with E-state index < -0.39 is 6.10 Å². The van der Waals surface area contributed by atoms with Gasteiger partial charge in [-0.2, -0.15) is 0 Å². The van der Waals surface area contributed by atoms with Crippen LogP contribution in [-0.2, 0) is 16.0 Å². The number of amides is 1. The van der Waals surface area contributed by atoms with Crippen LogP contribution in [0.25, 0.3) is 0 Å². The van der Waals surface area contributed by atoms with Gasteiger partial charge in [-0.25, -0.2) is 4.79 Å². The van der Waals surface area contributed by atoms with E-state index in [4.69, 9.17) is 4.74 Å². The van der Waals surface area contributed by atoms with Gasteiger partial charge < -0.3 is 19.8 Å². The van der Waals surface area contributed by atoms with Gasteiger partial charge in [-0.05, 0) is 56.7 Å². The number of nitrogens with zero attached hydrogens (tertiary/aromatic N) is 1. The Bertz CT molecular complexity index is 668. The molecule has 0 radical (unpaired) electrons. The SMILES string of the molecule is COC(=O)c1ccc(CCN2C(=O)CC[C@@H]2/C=C/[C@@H](O)CCC[C@@H](C)O)cc1. The van der Waals surface area contributed by atoms with Crippen LogP contribution in [-0.4, -0.2) is 58.9 Å². The molecule has 3 atom stereocenters. The zero-order valence-electron chi connectivity index (χ0n) is 16.7. The quantitative estimate of drug-likeness (QED) is 0.474. The molecule has 1 aromatic rings. The smallest absolute Gasteiger partial charge is 0.337 e. The zero-order valence-corrected chi connectivity index (χ0v) is 16.7. The Morgan fingerprint density at radius 3 is 2.64 bits per heavy atom. The first-order chi connectivity index (χ1) is 13.4. The van der Waals surface area contributed by atoms with Crippen molar-refractivity contribution in [3.8, 4) is 0 Å². The summed E-state index contributed by atoms with van der Waals surface area (Å²) in [7, 11) is 1.35. The molecule has 0 aliphatic carbocycles. The van der Waals surface area contributed by atoms with Gasteiger partial charge in [-0.15, -0.1) is 0 Å². The number of aliphatic hydroxyl groups excluding tert-OH is 2. The monoisotopic (exact) mass is 389 g/mol. The average Bonchev–Trinajstić information content (AvgIpc) is 3.03. The maximum absolute atomic E-state index is 12.2. The number of methoxy groups -OCH3 is 1. The maximum Gasteiger partial charge on any atom is 0.337 e. The molecule has 1 fully saturated rings. The lowest BCUT2D eigenvalue weighted by Gasteiger charge is -2.23. The topological polar surface area (TPSA) is 87.1 Å². The Balaban J connectivity index is 1.86. The van der Waals surface area contributed by atoms with Gasteiger partial charge in [0.25, 0.3) is 0 Å². The number of ether oxygens (including phenoxy) is 1. The van der Waals surface area contributed by atoms with Gasteiger partial charge in [0.2, 0.25) is 5.91 Å². The van der Waals surface area contributed by atoms with Gasteiger partial charge in [0.15, 0.2) is 0 Å². The summed E-state index contributed by atoms with van der Waals surface area (Å²) in [5, 5.41) is 19.3. The fraction of sp³-hybridized carbons (Fsp3) is 0.545. The van der Waals surface area contributed by atoms with Gasteiger partial charge in [0, 0.05) is 13.0 Å². The standard InChI is InChI=1S/C22H31NO5/c1-16(24)4-3-5-20(25)12-10-19-11-13-21(26)23(19)15-14-17-6-8-18(9-7-17)22(27)28-2/h6-10,12,16,19-20,24-25H,3-5,11,13-15H2,1-2H3/b12-10+/t16-,19+,20+/m1/s1. The number of hydrogen-bond donors (Lipinski definition) is 2. The van der Waals surface area contributed by atoms with Crippen molar-refractivity contribution in [1.82, 2.24) is 4.90 Å². The molecule has 2 N–H and O–H groups in total. The Hall–Kier alpha value is -2.18. The maximum atomic E-state index is 12.2. The number of carbonyl (C=O) groups is 2. The second-order valence-electron chi connectivity index (χ2n) is 7.36. The van der Waals surface area contributed by atoms with E-state index in [0.29, 0.717) is 37.8 Å². The fourth-order valence-electron chi connectivity index (χ4n) is 3.40. The third kappa shape index (κ3) is 6.77. The number of likely N-dealkylation sites (tertiary alicyclic amines) is 1. The summed E-state index contributed by atoms with van der Waals surface area (Å²) in [4.78, 5) is 25.6. The Morgan fingerprint density at radius 1 is 1.29 bits per heavy atom. The summed E-state index contributed by atoms with van der Waals surface area (Å²) < 4.78 is 4.70. The highest BCUT2D eigenvalue weighted by molar-refractivity contribution is 5.89. The van der Waals surface area contributed by atoms with Crippen molar-refractivity contribution in [1.29, 1.82) is 0 Å². The van der Waals surface area contributed by atoms with E-state index in [1.807, 2.05) is 23.1 Å². The van der Waals surface area contributed by atoms with Crippen LogP contribution in [0, 0.1) is 0 Å². The normalized spacial score (nSPS) is 19.2. The molecule has 28 heavy (non-hydrogen) atoms. The number of hydrogen-bond acceptors (Lipinski definition) is 5. The van der Waals surface area contributed by atoms with Crippen molar-refractivity contribution in [3.05, 3.63) is 47.5 Å². The molecule has 1 saturated heterocycles. The van der Waals surface area contributed by atoms with Gasteiger partial charge in [0.1, 0.15) is 0 Å². The van der Waals surface area contributed by atoms with Crippen molar-refractivity contribution in [2.75, 3.05) is 13.7 Å². The molecular weight excluding hydrogens is 358 g/mol. The Labute approximate surface area is 166 Å². The molecule has 154 valence electrons. The lowest BCUT2D eigenvalue weighted by atomic mass is 10.1. The second kappa shape index (κ2) is 11.0. The molecule has 1 aromatic carbocycles. The molecule has 0 spiro atoms. The lowest BCUT2D eigenvalue weighted by molar-refractivity contribution is -0.128. The Kier molecular flexibility index (Phi) is 8.67. The van der Waals surface area contributed by atoms with Crippen LogP contribution in [0.1, 0.15) is 54.9 Å². The minimum absolute atomic E-state index is 0.00765. The van der Waals surface area contributed by atoms with E-state index in [1.54, 1.807) is 25.1 Å². The zero-order chi connectivity index (χ0) is 20.5. The molecule has 0 bridgehead atoms. The lowest BCUT2D eigenvalue weighted by Crippen LogP contribution is -2.33. The molecule has 6 heteroatoms. The summed E-state index contributed by atoms with van der Waals surface area (Å²) in [6.45, 7) is 2.34. The third-order valence-electron chi connectivity index (χ3n) is 5.07. The van der Waals surface area contributed by atoms with Gasteiger partial charge in [-0.3, -0.25) is 4.79 Å². The van der Waals surface area contributed by atoms with E-state index in [0.717, 1.165) is 18.4 Å². The highest BCUT2D eigenvalue weighted by atomic mass is 16.5. The van der Waals surface area contributed by atoms with E-state index in [2.05, 4.69) is 0 Å². The highest BCUT2D eigenvalue weighted by Crippen LogP contribution is 2.21. The first-order valence-electron chi connectivity index (χ1n) is 9.92. The summed E-state index contributed by atoms with van der Waals surface area (Å²) >= 11 is 0. The van der Waals surface area contributed by atoms with E-state index in [1.165, 1.54) is 7.11 Å². The van der Waals surface area contributed by atoms with Crippen molar-refractivity contribution in [2.24, 2.45) is 0 Å². The van der Waals surface area contributed by atoms with Crippen molar-refractivity contribution >= 4 is 11.9 Å². The van der Waals surface area contributed by atoms with Crippen LogP contribution in [0.2, 0.25) is 0 Å². The van der Waals surface area contributed by atoms with Crippen molar-refractivity contribution in [2.45, 2.75) is 63.7 Å². The molecule has 6 nitrogen and oxygen atoms in total. The molecule has 1 amide bonds. The van der Waals surface area contributed by atoms with Crippen LogP contribution in [0.3, 0.4) is 0 Å². The predicted octanol–water partition coefficient (Wildman–Crippen LogP) is 2.47. The van der Waals surface area contributed by atoms with Gasteiger partial charge in [-0.1, -0.05) is 24.3 Å². The van der Waals surface area contributed by atoms with Crippen LogP contribution in [0.5, 0.6) is 0 Å². The van der Waals surface area contributed by atoms with Crippen LogP contribution in [0.15, 0.2) is 36.4 Å². The molecule has 0 saturated carbocycles. The summed E-state index contributed by atoms with van der Waals surface area (Å²) in [6, 6.07) is 7.22. The summed E-state index contributed by atoms with van der Waals surface area (Å²) in [5.41, 5.74) is 1.56.